The molecule has 4 rings (SSSR count). The van der Waals surface area contributed by atoms with Crippen LogP contribution in [0.2, 0.25) is 0 Å². The molecule has 1 aliphatic heterocycles. The zero-order chi connectivity index (χ0) is 20.9. The Morgan fingerprint density at radius 2 is 1.93 bits per heavy atom. The Balaban J connectivity index is 1.49. The standard InChI is InChI=1S/C19H26N8O2/c1-19(2,3)18-21-20-14-7-8-15(22-27(14)18)26-9-12(10-26)25(5)17(28)13-11-24(4)23-16(13)29-6/h7-8,11-12H,9-10H2,1-6H3. The fourth-order valence-electron chi connectivity index (χ4n) is 3.42. The molecule has 0 bridgehead atoms. The third-order valence-electron chi connectivity index (χ3n) is 5.19. The molecule has 0 saturated carbocycles. The summed E-state index contributed by atoms with van der Waals surface area (Å²) in [4.78, 5) is 16.7. The molecule has 0 aliphatic carbocycles. The summed E-state index contributed by atoms with van der Waals surface area (Å²) in [5, 5.41) is 17.4. The Morgan fingerprint density at radius 1 is 1.21 bits per heavy atom. The summed E-state index contributed by atoms with van der Waals surface area (Å²) in [7, 11) is 5.09. The van der Waals surface area contributed by atoms with E-state index in [1.54, 1.807) is 27.3 Å². The monoisotopic (exact) mass is 398 g/mol. The largest absolute Gasteiger partial charge is 0.479 e. The molecule has 3 aromatic rings. The first-order valence-electron chi connectivity index (χ1n) is 9.51. The second-order valence-corrected chi connectivity index (χ2v) is 8.44. The van der Waals surface area contributed by atoms with Gasteiger partial charge >= 0.3 is 0 Å². The third-order valence-corrected chi connectivity index (χ3v) is 5.19. The lowest BCUT2D eigenvalue weighted by Crippen LogP contribution is -2.60. The number of ether oxygens (including phenoxy) is 1. The molecule has 0 N–H and O–H groups in total. The van der Waals surface area contributed by atoms with E-state index in [1.807, 2.05) is 19.2 Å². The maximum Gasteiger partial charge on any atom is 0.261 e. The summed E-state index contributed by atoms with van der Waals surface area (Å²) < 4.78 is 8.60. The zero-order valence-corrected chi connectivity index (χ0v) is 17.6. The molecule has 0 atom stereocenters. The molecular weight excluding hydrogens is 372 g/mol. The second kappa shape index (κ2) is 6.71. The highest BCUT2D eigenvalue weighted by Gasteiger charge is 2.35. The number of nitrogens with zero attached hydrogens (tertiary/aromatic N) is 8. The molecular formula is C19H26N8O2. The van der Waals surface area contributed by atoms with Crippen LogP contribution in [-0.2, 0) is 12.5 Å². The Morgan fingerprint density at radius 3 is 2.59 bits per heavy atom. The zero-order valence-electron chi connectivity index (χ0n) is 17.6. The average molecular weight is 398 g/mol. The molecule has 29 heavy (non-hydrogen) atoms. The fraction of sp³-hybridized carbons (Fsp3) is 0.526. The minimum Gasteiger partial charge on any atom is -0.479 e. The number of anilines is 1. The van der Waals surface area contributed by atoms with E-state index in [1.165, 1.54) is 7.11 Å². The van der Waals surface area contributed by atoms with Gasteiger partial charge in [0.25, 0.3) is 5.91 Å². The van der Waals surface area contributed by atoms with Gasteiger partial charge in [-0.15, -0.1) is 20.4 Å². The molecule has 4 heterocycles. The predicted octanol–water partition coefficient (Wildman–Crippen LogP) is 1.12. The maximum absolute atomic E-state index is 12.8. The molecule has 3 aromatic heterocycles. The number of likely N-dealkylation sites (N-methyl/N-ethyl adjacent to an activating group) is 1. The molecule has 0 unspecified atom stereocenters. The molecule has 154 valence electrons. The van der Waals surface area contributed by atoms with Crippen molar-refractivity contribution in [3.63, 3.8) is 0 Å². The smallest absolute Gasteiger partial charge is 0.261 e. The molecule has 1 saturated heterocycles. The topological polar surface area (TPSA) is 93.7 Å². The summed E-state index contributed by atoms with van der Waals surface area (Å²) in [5.41, 5.74) is 1.04. The van der Waals surface area contributed by atoms with E-state index in [9.17, 15) is 4.79 Å². The van der Waals surface area contributed by atoms with Gasteiger partial charge in [0.2, 0.25) is 5.88 Å². The highest BCUT2D eigenvalue weighted by molar-refractivity contribution is 5.96. The predicted molar refractivity (Wildman–Crippen MR) is 107 cm³/mol. The first-order valence-corrected chi connectivity index (χ1v) is 9.51. The van der Waals surface area contributed by atoms with Crippen molar-refractivity contribution in [1.82, 2.24) is 34.5 Å². The van der Waals surface area contributed by atoms with Crippen LogP contribution in [0.3, 0.4) is 0 Å². The van der Waals surface area contributed by atoms with E-state index in [2.05, 4.69) is 41.0 Å². The van der Waals surface area contributed by atoms with E-state index in [0.29, 0.717) is 24.5 Å². The van der Waals surface area contributed by atoms with Gasteiger partial charge in [0.1, 0.15) is 11.4 Å². The first kappa shape index (κ1) is 19.2. The van der Waals surface area contributed by atoms with Crippen LogP contribution >= 0.6 is 0 Å². The highest BCUT2D eigenvalue weighted by Crippen LogP contribution is 2.26. The molecule has 10 heteroatoms. The lowest BCUT2D eigenvalue weighted by atomic mass is 9.96. The molecule has 1 fully saturated rings. The quantitative estimate of drug-likeness (QED) is 0.650. The number of aryl methyl sites for hydroxylation is 1. The SMILES string of the molecule is COc1nn(C)cc1C(=O)N(C)C1CN(c2ccc3nnc(C(C)(C)C)n3n2)C1. The lowest BCUT2D eigenvalue weighted by molar-refractivity contribution is 0.0701. The third kappa shape index (κ3) is 3.28. The normalized spacial score (nSPS) is 14.9. The van der Waals surface area contributed by atoms with E-state index < -0.39 is 0 Å². The van der Waals surface area contributed by atoms with Gasteiger partial charge in [-0.3, -0.25) is 9.48 Å². The molecule has 1 amide bonds. The van der Waals surface area contributed by atoms with Crippen LogP contribution in [0.4, 0.5) is 5.82 Å². The molecule has 0 aromatic carbocycles. The Hall–Kier alpha value is -3.17. The van der Waals surface area contributed by atoms with Crippen molar-refractivity contribution >= 4 is 17.4 Å². The fourth-order valence-corrected chi connectivity index (χ4v) is 3.42. The van der Waals surface area contributed by atoms with E-state index >= 15 is 0 Å². The van der Waals surface area contributed by atoms with Gasteiger partial charge in [0.05, 0.1) is 13.2 Å². The summed E-state index contributed by atoms with van der Waals surface area (Å²) >= 11 is 0. The van der Waals surface area contributed by atoms with Crippen LogP contribution in [0.25, 0.3) is 5.65 Å². The number of hydrogen-bond acceptors (Lipinski definition) is 7. The average Bonchev–Trinajstić information content (AvgIpc) is 3.22. The summed E-state index contributed by atoms with van der Waals surface area (Å²) in [6.07, 6.45) is 1.68. The van der Waals surface area contributed by atoms with Crippen LogP contribution in [0, 0.1) is 0 Å². The van der Waals surface area contributed by atoms with Crippen LogP contribution in [0.15, 0.2) is 18.3 Å². The lowest BCUT2D eigenvalue weighted by Gasteiger charge is -2.44. The summed E-state index contributed by atoms with van der Waals surface area (Å²) in [6.45, 7) is 7.67. The molecule has 10 nitrogen and oxygen atoms in total. The number of amides is 1. The Labute approximate surface area is 169 Å². The number of fused-ring (bicyclic) bond motifs is 1. The van der Waals surface area contributed by atoms with Crippen LogP contribution in [-0.4, -0.2) is 73.7 Å². The number of carbonyl (C=O) groups is 1. The van der Waals surface area contributed by atoms with Gasteiger partial charge in [0, 0.05) is 38.8 Å². The van der Waals surface area contributed by atoms with Crippen LogP contribution in [0.5, 0.6) is 5.88 Å². The number of carbonyl (C=O) groups excluding carboxylic acids is 1. The van der Waals surface area contributed by atoms with E-state index in [0.717, 1.165) is 17.3 Å². The van der Waals surface area contributed by atoms with Gasteiger partial charge < -0.3 is 14.5 Å². The van der Waals surface area contributed by atoms with Gasteiger partial charge in [-0.2, -0.15) is 4.52 Å². The number of rotatable bonds is 4. The number of aromatic nitrogens is 6. The number of methoxy groups -OCH3 is 1. The maximum atomic E-state index is 12.8. The van der Waals surface area contributed by atoms with E-state index in [4.69, 9.17) is 9.84 Å². The van der Waals surface area contributed by atoms with Crippen molar-refractivity contribution in [2.45, 2.75) is 32.2 Å². The highest BCUT2D eigenvalue weighted by atomic mass is 16.5. The van der Waals surface area contributed by atoms with Gasteiger partial charge in [-0.25, -0.2) is 0 Å². The minimum atomic E-state index is -0.155. The van der Waals surface area contributed by atoms with Crippen molar-refractivity contribution in [3.8, 4) is 5.88 Å². The van der Waals surface area contributed by atoms with E-state index in [-0.39, 0.29) is 17.4 Å². The van der Waals surface area contributed by atoms with Crippen molar-refractivity contribution in [2.24, 2.45) is 7.05 Å². The summed E-state index contributed by atoms with van der Waals surface area (Å²) in [6, 6.07) is 3.96. The first-order chi connectivity index (χ1) is 13.7. The van der Waals surface area contributed by atoms with Gasteiger partial charge in [-0.1, -0.05) is 20.8 Å². The van der Waals surface area contributed by atoms with Crippen molar-refractivity contribution < 1.29 is 9.53 Å². The van der Waals surface area contributed by atoms with Crippen molar-refractivity contribution in [3.05, 3.63) is 29.7 Å². The summed E-state index contributed by atoms with van der Waals surface area (Å²) in [5.74, 6) is 1.91. The van der Waals surface area contributed by atoms with Crippen LogP contribution in [0.1, 0.15) is 37.0 Å². The van der Waals surface area contributed by atoms with Gasteiger partial charge in [0.15, 0.2) is 11.5 Å². The second-order valence-electron chi connectivity index (χ2n) is 8.44. The van der Waals surface area contributed by atoms with Gasteiger partial charge in [-0.05, 0) is 12.1 Å². The molecule has 0 radical (unpaired) electrons. The van der Waals surface area contributed by atoms with Crippen LogP contribution < -0.4 is 9.64 Å². The van der Waals surface area contributed by atoms with Crippen molar-refractivity contribution in [2.75, 3.05) is 32.1 Å². The molecule has 0 spiro atoms. The Bertz CT molecular complexity index is 1060. The minimum absolute atomic E-state index is 0.0907. The Kier molecular flexibility index (Phi) is 4.44. The number of hydrogen-bond donors (Lipinski definition) is 0. The van der Waals surface area contributed by atoms with Crippen molar-refractivity contribution in [1.29, 1.82) is 0 Å². The molecule has 1 aliphatic rings.